The molecule has 0 atom stereocenters. The predicted molar refractivity (Wildman–Crippen MR) is 103 cm³/mol. The van der Waals surface area contributed by atoms with Crippen LogP contribution in [0.25, 0.3) is 21.5 Å². The Bertz CT molecular complexity index is 710. The Balaban J connectivity index is 2.22. The molecule has 0 aromatic heterocycles. The van der Waals surface area contributed by atoms with E-state index in [1.54, 1.807) is 0 Å². The van der Waals surface area contributed by atoms with E-state index in [9.17, 15) is 0 Å². The summed E-state index contributed by atoms with van der Waals surface area (Å²) in [6, 6.07) is 17.6. The molecule has 0 amide bonds. The summed E-state index contributed by atoms with van der Waals surface area (Å²) in [6.45, 7) is 0. The molecule has 0 nitrogen and oxygen atoms in total. The van der Waals surface area contributed by atoms with Gasteiger partial charge in [-0.25, -0.2) is 0 Å². The van der Waals surface area contributed by atoms with Gasteiger partial charge in [0.25, 0.3) is 0 Å². The first-order chi connectivity index (χ1) is 9.54. The van der Waals surface area contributed by atoms with Crippen LogP contribution in [0.5, 0.6) is 0 Å². The van der Waals surface area contributed by atoms with Crippen LogP contribution in [0.15, 0.2) is 48.5 Å². The first-order valence-electron chi connectivity index (χ1n) is 6.08. The lowest BCUT2D eigenvalue weighted by Crippen LogP contribution is -1.84. The lowest BCUT2D eigenvalue weighted by atomic mass is 10.0. The highest BCUT2D eigenvalue weighted by Gasteiger charge is 2.07. The number of benzene rings is 3. The molecule has 0 bridgehead atoms. The van der Waals surface area contributed by atoms with Gasteiger partial charge in [0.05, 0.1) is 7.47 Å². The van der Waals surface area contributed by atoms with Crippen LogP contribution in [0.4, 0.5) is 0 Å². The van der Waals surface area contributed by atoms with E-state index in [0.29, 0.717) is 0 Å². The van der Waals surface area contributed by atoms with Crippen LogP contribution < -0.4 is 0 Å². The molecule has 0 saturated heterocycles. The molecule has 3 rings (SSSR count). The molecule has 3 aromatic carbocycles. The zero-order valence-corrected chi connectivity index (χ0v) is 16.6. The molecule has 20 heavy (non-hydrogen) atoms. The second-order valence-electron chi connectivity index (χ2n) is 4.67. The molecule has 0 heterocycles. The molecule has 0 unspecified atom stereocenters. The van der Waals surface area contributed by atoms with Crippen molar-refractivity contribution >= 4 is 85.3 Å². The average molecular weight is 522 g/mol. The van der Waals surface area contributed by atoms with Crippen LogP contribution in [0.1, 0.15) is 18.6 Å². The standard InChI is InChI=1S/C16H10Br4/c17-15(18)11-3-1-9-5-14-8-12(16(19)20)4-2-10(14)6-13(9)7-11/h1-8,15-16H. The quantitative estimate of drug-likeness (QED) is 0.241. The summed E-state index contributed by atoms with van der Waals surface area (Å²) < 4.78 is 0.389. The van der Waals surface area contributed by atoms with E-state index >= 15 is 0 Å². The van der Waals surface area contributed by atoms with Gasteiger partial charge in [-0.1, -0.05) is 88.0 Å². The molecule has 0 spiro atoms. The topological polar surface area (TPSA) is 0 Å². The minimum absolute atomic E-state index is 0.194. The maximum Gasteiger partial charge on any atom is 0.0946 e. The van der Waals surface area contributed by atoms with Crippen molar-refractivity contribution in [3.63, 3.8) is 0 Å². The SMILES string of the molecule is BrC(Br)c1ccc2cc3cc(C(Br)Br)ccc3cc2c1. The van der Waals surface area contributed by atoms with E-state index in [-0.39, 0.29) is 7.47 Å². The van der Waals surface area contributed by atoms with E-state index in [0.717, 1.165) is 0 Å². The molecule has 3 aromatic rings. The molecular formula is C16H10Br4. The molecule has 0 N–H and O–H groups in total. The number of hydrogen-bond acceptors (Lipinski definition) is 0. The molecule has 0 aliphatic heterocycles. The summed E-state index contributed by atoms with van der Waals surface area (Å²) >= 11 is 14.2. The number of alkyl halides is 4. The van der Waals surface area contributed by atoms with Gasteiger partial charge in [0, 0.05) is 0 Å². The smallest absolute Gasteiger partial charge is 0.0712 e. The molecule has 0 aliphatic rings. The van der Waals surface area contributed by atoms with Crippen molar-refractivity contribution in [1.29, 1.82) is 0 Å². The second-order valence-corrected chi connectivity index (χ2v) is 10.8. The summed E-state index contributed by atoms with van der Waals surface area (Å²) in [7, 11) is 0. The Morgan fingerprint density at radius 2 is 0.900 bits per heavy atom. The van der Waals surface area contributed by atoms with E-state index in [1.165, 1.54) is 32.7 Å². The van der Waals surface area contributed by atoms with Gasteiger partial charge in [-0.05, 0) is 56.9 Å². The summed E-state index contributed by atoms with van der Waals surface area (Å²) in [4.78, 5) is 0. The number of hydrogen-bond donors (Lipinski definition) is 0. The van der Waals surface area contributed by atoms with Gasteiger partial charge >= 0.3 is 0 Å². The van der Waals surface area contributed by atoms with Crippen LogP contribution in [0, 0.1) is 0 Å². The second kappa shape index (κ2) is 6.07. The highest BCUT2D eigenvalue weighted by molar-refractivity contribution is 9.24. The van der Waals surface area contributed by atoms with Gasteiger partial charge in [0.1, 0.15) is 0 Å². The fourth-order valence-corrected chi connectivity index (χ4v) is 3.45. The summed E-state index contributed by atoms with van der Waals surface area (Å²) in [6.07, 6.45) is 0. The van der Waals surface area contributed by atoms with Crippen molar-refractivity contribution in [3.8, 4) is 0 Å². The number of halogens is 4. The van der Waals surface area contributed by atoms with Crippen molar-refractivity contribution in [2.45, 2.75) is 7.47 Å². The minimum atomic E-state index is 0.194. The Morgan fingerprint density at radius 3 is 1.25 bits per heavy atom. The number of fused-ring (bicyclic) bond motifs is 2. The Hall–Kier alpha value is 0.1000. The fourth-order valence-electron chi connectivity index (χ4n) is 2.31. The third kappa shape index (κ3) is 2.99. The van der Waals surface area contributed by atoms with Crippen LogP contribution in [-0.4, -0.2) is 0 Å². The van der Waals surface area contributed by atoms with E-state index in [4.69, 9.17) is 0 Å². The van der Waals surface area contributed by atoms with Crippen molar-refractivity contribution in [3.05, 3.63) is 59.7 Å². The Morgan fingerprint density at radius 1 is 0.500 bits per heavy atom. The zero-order chi connectivity index (χ0) is 14.3. The highest BCUT2D eigenvalue weighted by Crippen LogP contribution is 2.34. The van der Waals surface area contributed by atoms with Crippen LogP contribution in [-0.2, 0) is 0 Å². The van der Waals surface area contributed by atoms with Gasteiger partial charge in [-0.3, -0.25) is 0 Å². The Kier molecular flexibility index (Phi) is 4.56. The third-order valence-corrected chi connectivity index (χ3v) is 5.46. The van der Waals surface area contributed by atoms with Crippen LogP contribution in [0.2, 0.25) is 0 Å². The van der Waals surface area contributed by atoms with E-state index in [2.05, 4.69) is 112 Å². The van der Waals surface area contributed by atoms with Gasteiger partial charge in [-0.2, -0.15) is 0 Å². The largest absolute Gasteiger partial charge is 0.0946 e. The van der Waals surface area contributed by atoms with E-state index in [1.807, 2.05) is 0 Å². The third-order valence-electron chi connectivity index (χ3n) is 3.35. The number of rotatable bonds is 2. The molecule has 0 radical (unpaired) electrons. The van der Waals surface area contributed by atoms with Crippen molar-refractivity contribution in [2.75, 3.05) is 0 Å². The monoisotopic (exact) mass is 518 g/mol. The molecule has 102 valence electrons. The molecule has 0 saturated carbocycles. The van der Waals surface area contributed by atoms with Crippen molar-refractivity contribution < 1.29 is 0 Å². The first kappa shape index (κ1) is 15.0. The predicted octanol–water partition coefficient (Wildman–Crippen LogP) is 7.57. The van der Waals surface area contributed by atoms with Gasteiger partial charge in [-0.15, -0.1) is 0 Å². The maximum absolute atomic E-state index is 3.55. The lowest BCUT2D eigenvalue weighted by Gasteiger charge is -2.08. The van der Waals surface area contributed by atoms with Crippen LogP contribution in [0.3, 0.4) is 0 Å². The summed E-state index contributed by atoms with van der Waals surface area (Å²) in [5.41, 5.74) is 2.46. The van der Waals surface area contributed by atoms with Gasteiger partial charge in [0.2, 0.25) is 0 Å². The molecule has 0 fully saturated rings. The molecular weight excluding hydrogens is 512 g/mol. The van der Waals surface area contributed by atoms with Crippen molar-refractivity contribution in [1.82, 2.24) is 0 Å². The van der Waals surface area contributed by atoms with Gasteiger partial charge in [0.15, 0.2) is 0 Å². The maximum atomic E-state index is 3.55. The first-order valence-corrected chi connectivity index (χ1v) is 9.74. The highest BCUT2D eigenvalue weighted by atomic mass is 79.9. The van der Waals surface area contributed by atoms with E-state index < -0.39 is 0 Å². The zero-order valence-electron chi connectivity index (χ0n) is 10.3. The molecule has 4 heteroatoms. The van der Waals surface area contributed by atoms with Crippen molar-refractivity contribution in [2.24, 2.45) is 0 Å². The minimum Gasteiger partial charge on any atom is -0.0712 e. The Labute approximate surface area is 151 Å². The summed E-state index contributed by atoms with van der Waals surface area (Å²) in [5.74, 6) is 0. The molecule has 0 aliphatic carbocycles. The fraction of sp³-hybridized carbons (Fsp3) is 0.125. The summed E-state index contributed by atoms with van der Waals surface area (Å²) in [5, 5.41) is 5.06. The normalized spacial score (nSPS) is 11.9. The lowest BCUT2D eigenvalue weighted by molar-refractivity contribution is 1.44. The van der Waals surface area contributed by atoms with Crippen LogP contribution >= 0.6 is 63.7 Å². The average Bonchev–Trinajstić information content (AvgIpc) is 2.43. The van der Waals surface area contributed by atoms with Gasteiger partial charge < -0.3 is 0 Å².